The highest BCUT2D eigenvalue weighted by molar-refractivity contribution is 5.79. The molecule has 7 heteroatoms. The van der Waals surface area contributed by atoms with Crippen LogP contribution in [-0.2, 0) is 24.2 Å². The number of aliphatic hydroxyl groups is 1. The van der Waals surface area contributed by atoms with Crippen LogP contribution in [0, 0.1) is 0 Å². The van der Waals surface area contributed by atoms with Crippen LogP contribution < -0.4 is 24.8 Å². The van der Waals surface area contributed by atoms with Crippen LogP contribution in [0.15, 0.2) is 72.8 Å². The molecule has 0 saturated carbocycles. The van der Waals surface area contributed by atoms with Crippen molar-refractivity contribution in [3.8, 4) is 17.2 Å². The van der Waals surface area contributed by atoms with Crippen molar-refractivity contribution in [3.05, 3.63) is 89.5 Å². The van der Waals surface area contributed by atoms with Crippen LogP contribution in [0.4, 0.5) is 0 Å². The number of aliphatic hydroxyl groups excluding tert-OH is 1. The molecule has 0 spiro atoms. The molecular weight excluding hydrogens is 432 g/mol. The van der Waals surface area contributed by atoms with E-state index >= 15 is 0 Å². The van der Waals surface area contributed by atoms with Crippen molar-refractivity contribution in [3.63, 3.8) is 0 Å². The summed E-state index contributed by atoms with van der Waals surface area (Å²) in [7, 11) is 1.64. The van der Waals surface area contributed by atoms with Crippen LogP contribution in [0.5, 0.6) is 17.2 Å². The number of hydrogen-bond donors (Lipinski definition) is 3. The maximum Gasteiger partial charge on any atom is 0.231 e. The van der Waals surface area contributed by atoms with Crippen molar-refractivity contribution >= 4 is 5.91 Å². The molecule has 1 aliphatic rings. The summed E-state index contributed by atoms with van der Waals surface area (Å²) in [4.78, 5) is 12.9. The fourth-order valence-electron chi connectivity index (χ4n) is 3.93. The Balaban J connectivity index is 1.37. The zero-order valence-corrected chi connectivity index (χ0v) is 19.2. The van der Waals surface area contributed by atoms with E-state index in [0.717, 1.165) is 22.4 Å². The van der Waals surface area contributed by atoms with E-state index < -0.39 is 12.1 Å². The Bertz CT molecular complexity index is 1090. The molecule has 1 heterocycles. The highest BCUT2D eigenvalue weighted by Gasteiger charge is 2.22. The minimum Gasteiger partial charge on any atom is -0.497 e. The van der Waals surface area contributed by atoms with Gasteiger partial charge in [0.25, 0.3) is 0 Å². The predicted molar refractivity (Wildman–Crippen MR) is 129 cm³/mol. The number of carbonyl (C=O) groups excluding carboxylic acids is 1. The maximum absolute atomic E-state index is 12.9. The zero-order chi connectivity index (χ0) is 23.8. The molecule has 3 N–H and O–H groups in total. The molecule has 34 heavy (non-hydrogen) atoms. The van der Waals surface area contributed by atoms with Crippen LogP contribution in [0.2, 0.25) is 0 Å². The van der Waals surface area contributed by atoms with E-state index in [4.69, 9.17) is 14.2 Å². The van der Waals surface area contributed by atoms with Gasteiger partial charge in [-0.3, -0.25) is 4.79 Å². The number of nitrogens with one attached hydrogen (secondary N) is 2. The monoisotopic (exact) mass is 462 g/mol. The quantitative estimate of drug-likeness (QED) is 0.406. The number of benzene rings is 3. The van der Waals surface area contributed by atoms with Gasteiger partial charge >= 0.3 is 0 Å². The van der Waals surface area contributed by atoms with E-state index in [-0.39, 0.29) is 19.1 Å². The van der Waals surface area contributed by atoms with Crippen LogP contribution in [0.25, 0.3) is 0 Å². The van der Waals surface area contributed by atoms with Crippen molar-refractivity contribution in [1.29, 1.82) is 0 Å². The summed E-state index contributed by atoms with van der Waals surface area (Å²) in [6.07, 6.45) is -0.0618. The molecule has 0 bridgehead atoms. The van der Waals surface area contributed by atoms with Crippen LogP contribution >= 0.6 is 0 Å². The van der Waals surface area contributed by atoms with Gasteiger partial charge in [-0.25, -0.2) is 0 Å². The van der Waals surface area contributed by atoms with E-state index in [2.05, 4.69) is 10.6 Å². The van der Waals surface area contributed by atoms with Gasteiger partial charge in [0.2, 0.25) is 12.7 Å². The first kappa shape index (κ1) is 23.6. The van der Waals surface area contributed by atoms with Gasteiger partial charge in [0.15, 0.2) is 11.5 Å². The lowest BCUT2D eigenvalue weighted by atomic mass is 10.00. The molecule has 0 radical (unpaired) electrons. The van der Waals surface area contributed by atoms with E-state index in [1.807, 2.05) is 72.8 Å². The Morgan fingerprint density at radius 3 is 2.59 bits per heavy atom. The van der Waals surface area contributed by atoms with Crippen molar-refractivity contribution in [1.82, 2.24) is 10.6 Å². The van der Waals surface area contributed by atoms with Crippen molar-refractivity contribution in [2.24, 2.45) is 0 Å². The first-order valence-corrected chi connectivity index (χ1v) is 11.3. The molecule has 0 fully saturated rings. The average Bonchev–Trinajstić information content (AvgIpc) is 3.32. The maximum atomic E-state index is 12.9. The third-order valence-electron chi connectivity index (χ3n) is 5.73. The standard InChI is InChI=1S/C27H30N2O5/c1-32-22-9-5-8-21(12-22)16-28-17-24(30)23(13-19-6-3-2-4-7-19)29-27(31)15-20-10-11-25-26(14-20)34-18-33-25/h2-12,14,23-24,28,30H,13,15-18H2,1H3,(H,29,31)/t23-,24+/m0/s1. The Kier molecular flexibility index (Phi) is 8.01. The first-order chi connectivity index (χ1) is 16.6. The Hall–Kier alpha value is -3.55. The van der Waals surface area contributed by atoms with E-state index in [1.165, 1.54) is 0 Å². The predicted octanol–water partition coefficient (Wildman–Crippen LogP) is 2.84. The molecular formula is C27H30N2O5. The SMILES string of the molecule is COc1cccc(CNC[C@@H](O)[C@H](Cc2ccccc2)NC(=O)Cc2ccc3c(c2)OCO3)c1. The Morgan fingerprint density at radius 1 is 0.971 bits per heavy atom. The summed E-state index contributed by atoms with van der Waals surface area (Å²) in [6, 6.07) is 22.7. The second-order valence-corrected chi connectivity index (χ2v) is 8.28. The minimum atomic E-state index is -0.772. The molecule has 1 aliphatic heterocycles. The highest BCUT2D eigenvalue weighted by atomic mass is 16.7. The van der Waals surface area contributed by atoms with Crippen molar-refractivity contribution in [2.75, 3.05) is 20.4 Å². The van der Waals surface area contributed by atoms with E-state index in [0.29, 0.717) is 31.0 Å². The molecule has 0 unspecified atom stereocenters. The third-order valence-corrected chi connectivity index (χ3v) is 5.73. The summed E-state index contributed by atoms with van der Waals surface area (Å²) >= 11 is 0. The van der Waals surface area contributed by atoms with Gasteiger partial charge in [-0.05, 0) is 47.4 Å². The number of ether oxygens (including phenoxy) is 3. The number of carbonyl (C=O) groups is 1. The Morgan fingerprint density at radius 2 is 1.76 bits per heavy atom. The molecule has 0 saturated heterocycles. The van der Waals surface area contributed by atoms with Gasteiger partial charge < -0.3 is 30.0 Å². The number of amides is 1. The molecule has 7 nitrogen and oxygen atoms in total. The molecule has 3 aromatic rings. The van der Waals surface area contributed by atoms with Gasteiger partial charge in [-0.15, -0.1) is 0 Å². The van der Waals surface area contributed by atoms with E-state index in [9.17, 15) is 9.90 Å². The van der Waals surface area contributed by atoms with Gasteiger partial charge in [-0.1, -0.05) is 48.5 Å². The number of hydrogen-bond acceptors (Lipinski definition) is 6. The molecule has 4 rings (SSSR count). The second-order valence-electron chi connectivity index (χ2n) is 8.28. The first-order valence-electron chi connectivity index (χ1n) is 11.3. The average molecular weight is 463 g/mol. The molecule has 0 aliphatic carbocycles. The van der Waals surface area contributed by atoms with Crippen molar-refractivity contribution in [2.45, 2.75) is 31.5 Å². The second kappa shape index (κ2) is 11.5. The summed E-state index contributed by atoms with van der Waals surface area (Å²) in [5.41, 5.74) is 2.92. The smallest absolute Gasteiger partial charge is 0.231 e. The van der Waals surface area contributed by atoms with E-state index in [1.54, 1.807) is 7.11 Å². The molecule has 0 aromatic heterocycles. The summed E-state index contributed by atoms with van der Waals surface area (Å²) < 4.78 is 16.0. The largest absolute Gasteiger partial charge is 0.497 e. The van der Waals surface area contributed by atoms with Gasteiger partial charge in [0.1, 0.15) is 5.75 Å². The highest BCUT2D eigenvalue weighted by Crippen LogP contribution is 2.32. The fourth-order valence-corrected chi connectivity index (χ4v) is 3.93. The molecule has 3 aromatic carbocycles. The number of rotatable bonds is 11. The summed E-state index contributed by atoms with van der Waals surface area (Å²) in [5, 5.41) is 17.3. The van der Waals surface area contributed by atoms with Crippen LogP contribution in [0.3, 0.4) is 0 Å². The number of methoxy groups -OCH3 is 1. The lowest BCUT2D eigenvalue weighted by Crippen LogP contribution is -2.49. The lowest BCUT2D eigenvalue weighted by molar-refractivity contribution is -0.122. The number of fused-ring (bicyclic) bond motifs is 1. The summed E-state index contributed by atoms with van der Waals surface area (Å²) in [5.74, 6) is 1.96. The molecule has 178 valence electrons. The van der Waals surface area contributed by atoms with Crippen LogP contribution in [-0.4, -0.2) is 43.6 Å². The van der Waals surface area contributed by atoms with Gasteiger partial charge in [-0.2, -0.15) is 0 Å². The Labute approximate surface area is 199 Å². The normalized spacial score (nSPS) is 13.8. The van der Waals surface area contributed by atoms with Crippen LogP contribution in [0.1, 0.15) is 16.7 Å². The molecule has 2 atom stereocenters. The van der Waals surface area contributed by atoms with Gasteiger partial charge in [0.05, 0.1) is 25.7 Å². The third kappa shape index (κ3) is 6.50. The van der Waals surface area contributed by atoms with Crippen molar-refractivity contribution < 1.29 is 24.1 Å². The lowest BCUT2D eigenvalue weighted by Gasteiger charge is -2.25. The van der Waals surface area contributed by atoms with Gasteiger partial charge in [0, 0.05) is 13.1 Å². The topological polar surface area (TPSA) is 89.1 Å². The summed E-state index contributed by atoms with van der Waals surface area (Å²) in [6.45, 7) is 1.11. The fraction of sp³-hybridized carbons (Fsp3) is 0.296. The molecule has 1 amide bonds. The minimum absolute atomic E-state index is 0.161. The zero-order valence-electron chi connectivity index (χ0n) is 19.2.